The summed E-state index contributed by atoms with van der Waals surface area (Å²) in [7, 11) is 1.79. The largest absolute Gasteiger partial charge is 0.310 e. The van der Waals surface area contributed by atoms with Crippen molar-refractivity contribution in [2.75, 3.05) is 0 Å². The van der Waals surface area contributed by atoms with Gasteiger partial charge in [0.2, 0.25) is 0 Å². The Labute approximate surface area is 101 Å². The van der Waals surface area contributed by atoms with Crippen LogP contribution in [0.3, 0.4) is 0 Å². The van der Waals surface area contributed by atoms with Gasteiger partial charge in [-0.15, -0.1) is 11.3 Å². The van der Waals surface area contributed by atoms with Crippen LogP contribution in [0, 0.1) is 0 Å². The average molecular weight is 250 g/mol. The van der Waals surface area contributed by atoms with Gasteiger partial charge in [-0.25, -0.2) is 0 Å². The lowest BCUT2D eigenvalue weighted by Gasteiger charge is -2.06. The van der Waals surface area contributed by atoms with Gasteiger partial charge >= 0.3 is 0 Å². The zero-order valence-electron chi connectivity index (χ0n) is 8.53. The van der Waals surface area contributed by atoms with Gasteiger partial charge in [0.05, 0.1) is 5.52 Å². The van der Waals surface area contributed by atoms with E-state index in [1.54, 1.807) is 11.6 Å². The van der Waals surface area contributed by atoms with Crippen molar-refractivity contribution >= 4 is 43.9 Å². The number of pyridine rings is 1. The van der Waals surface area contributed by atoms with Crippen LogP contribution in [-0.2, 0) is 7.05 Å². The maximum absolute atomic E-state index is 12.0. The predicted octanol–water partition coefficient (Wildman–Crippen LogP) is 3.41. The van der Waals surface area contributed by atoms with Gasteiger partial charge < -0.3 is 4.57 Å². The number of rotatable bonds is 0. The minimum Gasteiger partial charge on any atom is -0.310 e. The second-order valence-corrected chi connectivity index (χ2v) is 5.04. The van der Waals surface area contributed by atoms with Crippen molar-refractivity contribution in [2.45, 2.75) is 0 Å². The van der Waals surface area contributed by atoms with Crippen LogP contribution in [0.4, 0.5) is 0 Å². The number of halogens is 1. The fourth-order valence-electron chi connectivity index (χ4n) is 1.97. The van der Waals surface area contributed by atoms with E-state index in [2.05, 4.69) is 0 Å². The summed E-state index contributed by atoms with van der Waals surface area (Å²) >= 11 is 7.47. The summed E-state index contributed by atoms with van der Waals surface area (Å²) in [6.07, 6.45) is 0. The molecule has 2 aromatic heterocycles. The van der Waals surface area contributed by atoms with Crippen LogP contribution in [0.1, 0.15) is 0 Å². The average Bonchev–Trinajstić information content (AvgIpc) is 2.75. The molecule has 1 aromatic carbocycles. The fourth-order valence-corrected chi connectivity index (χ4v) is 3.02. The molecule has 0 spiro atoms. The zero-order chi connectivity index (χ0) is 11.3. The van der Waals surface area contributed by atoms with Gasteiger partial charge in [-0.3, -0.25) is 4.79 Å². The summed E-state index contributed by atoms with van der Waals surface area (Å²) in [6, 6.07) is 7.57. The van der Waals surface area contributed by atoms with Gasteiger partial charge in [0.15, 0.2) is 0 Å². The second-order valence-electron chi connectivity index (χ2n) is 3.69. The van der Waals surface area contributed by atoms with E-state index in [0.717, 1.165) is 21.0 Å². The van der Waals surface area contributed by atoms with Crippen molar-refractivity contribution in [2.24, 2.45) is 7.05 Å². The standard InChI is InChI=1S/C12H8ClNOS/c1-14-10-3-2-7(13)6-9(10)8-4-5-16-11(8)12(14)15/h2-6H,1H3. The summed E-state index contributed by atoms with van der Waals surface area (Å²) in [5.74, 6) is 0. The van der Waals surface area contributed by atoms with Crippen LogP contribution in [0.2, 0.25) is 5.02 Å². The summed E-state index contributed by atoms with van der Waals surface area (Å²) in [6.45, 7) is 0. The molecule has 0 unspecified atom stereocenters. The van der Waals surface area contributed by atoms with E-state index in [1.807, 2.05) is 29.6 Å². The number of aromatic nitrogens is 1. The first-order valence-electron chi connectivity index (χ1n) is 4.84. The van der Waals surface area contributed by atoms with Crippen molar-refractivity contribution < 1.29 is 0 Å². The molecule has 0 N–H and O–H groups in total. The number of hydrogen-bond acceptors (Lipinski definition) is 2. The van der Waals surface area contributed by atoms with E-state index in [1.165, 1.54) is 11.3 Å². The molecule has 0 aliphatic heterocycles. The molecule has 0 radical (unpaired) electrons. The van der Waals surface area contributed by atoms with Crippen molar-refractivity contribution in [1.29, 1.82) is 0 Å². The maximum Gasteiger partial charge on any atom is 0.268 e. The highest BCUT2D eigenvalue weighted by molar-refractivity contribution is 7.17. The Balaban J connectivity index is 2.72. The fraction of sp³-hybridized carbons (Fsp3) is 0.0833. The Morgan fingerprint density at radius 3 is 2.88 bits per heavy atom. The minimum atomic E-state index is 0.0554. The summed E-state index contributed by atoms with van der Waals surface area (Å²) in [5.41, 5.74) is 0.972. The highest BCUT2D eigenvalue weighted by Gasteiger charge is 2.09. The first-order chi connectivity index (χ1) is 7.68. The van der Waals surface area contributed by atoms with Crippen molar-refractivity contribution in [3.8, 4) is 0 Å². The SMILES string of the molecule is Cn1c(=O)c2sccc2c2cc(Cl)ccc21. The molecule has 4 heteroatoms. The molecule has 0 atom stereocenters. The molecular weight excluding hydrogens is 242 g/mol. The van der Waals surface area contributed by atoms with Crippen LogP contribution in [0.5, 0.6) is 0 Å². The Kier molecular flexibility index (Phi) is 2.06. The second kappa shape index (κ2) is 3.34. The first-order valence-corrected chi connectivity index (χ1v) is 6.10. The minimum absolute atomic E-state index is 0.0554. The summed E-state index contributed by atoms with van der Waals surface area (Å²) in [5, 5.41) is 4.65. The van der Waals surface area contributed by atoms with Gasteiger partial charge in [0.1, 0.15) is 4.70 Å². The van der Waals surface area contributed by atoms with Crippen LogP contribution >= 0.6 is 22.9 Å². The zero-order valence-corrected chi connectivity index (χ0v) is 10.1. The molecule has 3 rings (SSSR count). The third-order valence-corrected chi connectivity index (χ3v) is 3.91. The van der Waals surface area contributed by atoms with E-state index in [4.69, 9.17) is 11.6 Å². The maximum atomic E-state index is 12.0. The van der Waals surface area contributed by atoms with Crippen LogP contribution in [0.15, 0.2) is 34.4 Å². The molecule has 2 heterocycles. The number of aryl methyl sites for hydroxylation is 1. The molecule has 0 amide bonds. The van der Waals surface area contributed by atoms with Gasteiger partial charge in [0, 0.05) is 22.8 Å². The molecule has 80 valence electrons. The lowest BCUT2D eigenvalue weighted by atomic mass is 10.1. The van der Waals surface area contributed by atoms with E-state index >= 15 is 0 Å². The Bertz CT molecular complexity index is 757. The molecular formula is C12H8ClNOS. The van der Waals surface area contributed by atoms with Crippen molar-refractivity contribution in [3.63, 3.8) is 0 Å². The van der Waals surface area contributed by atoms with Crippen molar-refractivity contribution in [1.82, 2.24) is 4.57 Å². The van der Waals surface area contributed by atoms with E-state index in [-0.39, 0.29) is 5.56 Å². The molecule has 0 bridgehead atoms. The smallest absolute Gasteiger partial charge is 0.268 e. The topological polar surface area (TPSA) is 22.0 Å². The molecule has 0 aliphatic carbocycles. The highest BCUT2D eigenvalue weighted by Crippen LogP contribution is 2.27. The lowest BCUT2D eigenvalue weighted by Crippen LogP contribution is -2.15. The van der Waals surface area contributed by atoms with Gasteiger partial charge in [-0.2, -0.15) is 0 Å². The molecule has 16 heavy (non-hydrogen) atoms. The number of hydrogen-bond donors (Lipinski definition) is 0. The monoisotopic (exact) mass is 249 g/mol. The Morgan fingerprint density at radius 1 is 1.25 bits per heavy atom. The highest BCUT2D eigenvalue weighted by atomic mass is 35.5. The third-order valence-electron chi connectivity index (χ3n) is 2.77. The third kappa shape index (κ3) is 1.22. The van der Waals surface area contributed by atoms with Crippen LogP contribution in [0.25, 0.3) is 21.0 Å². The van der Waals surface area contributed by atoms with Gasteiger partial charge in [-0.1, -0.05) is 11.6 Å². The van der Waals surface area contributed by atoms with Crippen LogP contribution in [-0.4, -0.2) is 4.57 Å². The Morgan fingerprint density at radius 2 is 2.06 bits per heavy atom. The van der Waals surface area contributed by atoms with Crippen LogP contribution < -0.4 is 5.56 Å². The summed E-state index contributed by atoms with van der Waals surface area (Å²) in [4.78, 5) is 12.0. The van der Waals surface area contributed by atoms with E-state index in [0.29, 0.717) is 5.02 Å². The molecule has 2 nitrogen and oxygen atoms in total. The first kappa shape index (κ1) is 9.87. The van der Waals surface area contributed by atoms with Crippen molar-refractivity contribution in [3.05, 3.63) is 45.0 Å². The number of benzene rings is 1. The summed E-state index contributed by atoms with van der Waals surface area (Å²) < 4.78 is 2.46. The predicted molar refractivity (Wildman–Crippen MR) is 69.6 cm³/mol. The molecule has 0 aliphatic rings. The normalized spacial score (nSPS) is 11.4. The number of thiophene rings is 1. The molecule has 0 saturated carbocycles. The van der Waals surface area contributed by atoms with Gasteiger partial charge in [0.25, 0.3) is 5.56 Å². The quantitative estimate of drug-likeness (QED) is 0.599. The van der Waals surface area contributed by atoms with E-state index in [9.17, 15) is 4.79 Å². The van der Waals surface area contributed by atoms with E-state index < -0.39 is 0 Å². The number of fused-ring (bicyclic) bond motifs is 3. The molecule has 0 saturated heterocycles. The lowest BCUT2D eigenvalue weighted by molar-refractivity contribution is 0.920. The molecule has 3 aromatic rings. The molecule has 0 fully saturated rings. The number of nitrogens with zero attached hydrogens (tertiary/aromatic N) is 1. The van der Waals surface area contributed by atoms with Gasteiger partial charge in [-0.05, 0) is 29.6 Å². The Hall–Kier alpha value is -1.32.